The van der Waals surface area contributed by atoms with Gasteiger partial charge in [-0.15, -0.1) is 0 Å². The molecule has 4 nitrogen and oxygen atoms in total. The lowest BCUT2D eigenvalue weighted by Gasteiger charge is -2.33. The van der Waals surface area contributed by atoms with Gasteiger partial charge in [-0.05, 0) is 59.8 Å². The molecular weight excluding hydrogens is 308 g/mol. The number of nitrogens with zero attached hydrogens (tertiary/aromatic N) is 1. The summed E-state index contributed by atoms with van der Waals surface area (Å²) in [4.78, 5) is 13.9. The summed E-state index contributed by atoms with van der Waals surface area (Å²) >= 11 is 3.23. The quantitative estimate of drug-likeness (QED) is 0.868. The molecule has 1 aromatic heterocycles. The Hall–Kier alpha value is -1.07. The number of furan rings is 1. The average molecular weight is 327 g/mol. The number of hydrogen-bond donors (Lipinski definition) is 1. The van der Waals surface area contributed by atoms with Crippen LogP contribution < -0.4 is 5.73 Å². The maximum absolute atomic E-state index is 12.0. The van der Waals surface area contributed by atoms with E-state index in [1.54, 1.807) is 18.2 Å². The second-order valence-electron chi connectivity index (χ2n) is 5.00. The molecule has 1 aliphatic rings. The number of carbonyl (C=O) groups excluding carboxylic acids is 1. The van der Waals surface area contributed by atoms with Crippen molar-refractivity contribution in [2.45, 2.75) is 25.8 Å². The molecule has 0 bridgehead atoms. The van der Waals surface area contributed by atoms with Crippen molar-refractivity contribution >= 4 is 27.9 Å². The zero-order chi connectivity index (χ0) is 13.8. The molecule has 1 aromatic rings. The molecule has 0 aliphatic carbocycles. The van der Waals surface area contributed by atoms with Crippen LogP contribution in [-0.2, 0) is 4.79 Å². The van der Waals surface area contributed by atoms with E-state index in [9.17, 15) is 4.79 Å². The van der Waals surface area contributed by atoms with Crippen molar-refractivity contribution in [3.63, 3.8) is 0 Å². The van der Waals surface area contributed by atoms with Gasteiger partial charge in [-0.3, -0.25) is 4.79 Å². The molecule has 1 aliphatic heterocycles. The van der Waals surface area contributed by atoms with Gasteiger partial charge in [-0.1, -0.05) is 0 Å². The lowest BCUT2D eigenvalue weighted by molar-refractivity contribution is -0.127. The van der Waals surface area contributed by atoms with Crippen LogP contribution in [-0.4, -0.2) is 29.9 Å². The number of carbonyl (C=O) groups is 1. The van der Waals surface area contributed by atoms with E-state index in [1.165, 1.54) is 0 Å². The van der Waals surface area contributed by atoms with E-state index in [2.05, 4.69) is 15.9 Å². The Kier molecular flexibility index (Phi) is 4.82. The molecule has 19 heavy (non-hydrogen) atoms. The van der Waals surface area contributed by atoms with Gasteiger partial charge in [-0.2, -0.15) is 0 Å². The number of hydrogen-bond acceptors (Lipinski definition) is 3. The first-order valence-electron chi connectivity index (χ1n) is 6.54. The van der Waals surface area contributed by atoms with Gasteiger partial charge in [0.1, 0.15) is 5.76 Å². The highest BCUT2D eigenvalue weighted by atomic mass is 79.9. The van der Waals surface area contributed by atoms with Crippen LogP contribution in [0.2, 0.25) is 0 Å². The zero-order valence-corrected chi connectivity index (χ0v) is 12.6. The second kappa shape index (κ2) is 6.39. The third kappa shape index (κ3) is 3.94. The van der Waals surface area contributed by atoms with Crippen molar-refractivity contribution in [3.05, 3.63) is 28.6 Å². The third-order valence-electron chi connectivity index (χ3n) is 3.58. The van der Waals surface area contributed by atoms with E-state index >= 15 is 0 Å². The van der Waals surface area contributed by atoms with Crippen LogP contribution in [0.4, 0.5) is 0 Å². The van der Waals surface area contributed by atoms with Crippen LogP contribution in [0, 0.1) is 5.92 Å². The third-order valence-corrected chi connectivity index (χ3v) is 4.01. The highest BCUT2D eigenvalue weighted by molar-refractivity contribution is 9.10. The summed E-state index contributed by atoms with van der Waals surface area (Å²) in [7, 11) is 0. The summed E-state index contributed by atoms with van der Waals surface area (Å²) in [6.07, 6.45) is 5.25. The molecule has 2 rings (SSSR count). The van der Waals surface area contributed by atoms with Gasteiger partial charge in [0.15, 0.2) is 4.67 Å². The Morgan fingerprint density at radius 1 is 1.53 bits per heavy atom. The molecular formula is C14H19BrN2O2. The van der Waals surface area contributed by atoms with E-state index in [0.29, 0.717) is 16.3 Å². The Bertz CT molecular complexity index is 460. The van der Waals surface area contributed by atoms with E-state index in [-0.39, 0.29) is 11.9 Å². The van der Waals surface area contributed by atoms with Crippen LogP contribution in [0.5, 0.6) is 0 Å². The minimum absolute atomic E-state index is 0.0376. The maximum atomic E-state index is 12.0. The second-order valence-corrected chi connectivity index (χ2v) is 5.78. The van der Waals surface area contributed by atoms with Crippen LogP contribution in [0.1, 0.15) is 25.5 Å². The topological polar surface area (TPSA) is 59.5 Å². The predicted molar refractivity (Wildman–Crippen MR) is 78.4 cm³/mol. The molecule has 1 atom stereocenters. The summed E-state index contributed by atoms with van der Waals surface area (Å²) in [6.45, 7) is 3.62. The van der Waals surface area contributed by atoms with Gasteiger partial charge in [0.25, 0.3) is 0 Å². The number of rotatable bonds is 3. The first kappa shape index (κ1) is 14.3. The largest absolute Gasteiger partial charge is 0.450 e. The highest BCUT2D eigenvalue weighted by Gasteiger charge is 2.23. The van der Waals surface area contributed by atoms with Gasteiger partial charge < -0.3 is 15.1 Å². The van der Waals surface area contributed by atoms with Gasteiger partial charge in [-0.25, -0.2) is 0 Å². The monoisotopic (exact) mass is 326 g/mol. The first-order valence-corrected chi connectivity index (χ1v) is 7.33. The molecule has 1 amide bonds. The Morgan fingerprint density at radius 2 is 2.21 bits per heavy atom. The standard InChI is InChI=1S/C14H19BrN2O2/c1-10(16)11-6-8-17(9-7-11)14(18)5-3-12-2-4-13(15)19-12/h2-5,10-11H,6-9,16H2,1H3. The summed E-state index contributed by atoms with van der Waals surface area (Å²) in [6, 6.07) is 3.84. The number of halogens is 1. The molecule has 1 fully saturated rings. The van der Waals surface area contributed by atoms with Gasteiger partial charge in [0.2, 0.25) is 5.91 Å². The van der Waals surface area contributed by atoms with Gasteiger partial charge in [0, 0.05) is 25.2 Å². The molecule has 0 saturated carbocycles. The number of likely N-dealkylation sites (tertiary alicyclic amines) is 1. The summed E-state index contributed by atoms with van der Waals surface area (Å²) in [5.74, 6) is 1.25. The predicted octanol–water partition coefficient (Wildman–Crippen LogP) is 2.64. The molecule has 0 aromatic carbocycles. The van der Waals surface area contributed by atoms with Crippen LogP contribution in [0.25, 0.3) is 6.08 Å². The average Bonchev–Trinajstić information content (AvgIpc) is 2.82. The summed E-state index contributed by atoms with van der Waals surface area (Å²) < 4.78 is 5.98. The molecule has 5 heteroatoms. The maximum Gasteiger partial charge on any atom is 0.246 e. The minimum atomic E-state index is 0.0376. The molecule has 1 saturated heterocycles. The van der Waals surface area contributed by atoms with Crippen molar-refractivity contribution in [3.8, 4) is 0 Å². The van der Waals surface area contributed by atoms with Crippen molar-refractivity contribution in [1.82, 2.24) is 4.90 Å². The molecule has 2 N–H and O–H groups in total. The van der Waals surface area contributed by atoms with Crippen molar-refractivity contribution in [1.29, 1.82) is 0 Å². The SMILES string of the molecule is CC(N)C1CCN(C(=O)C=Cc2ccc(Br)o2)CC1. The Morgan fingerprint density at radius 3 is 2.74 bits per heavy atom. The van der Waals surface area contributed by atoms with Crippen molar-refractivity contribution in [2.75, 3.05) is 13.1 Å². The first-order chi connectivity index (χ1) is 9.06. The number of amides is 1. The van der Waals surface area contributed by atoms with E-state index in [0.717, 1.165) is 25.9 Å². The molecule has 1 unspecified atom stereocenters. The summed E-state index contributed by atoms with van der Waals surface area (Å²) in [5, 5.41) is 0. The minimum Gasteiger partial charge on any atom is -0.450 e. The zero-order valence-electron chi connectivity index (χ0n) is 11.0. The molecule has 104 valence electrons. The fourth-order valence-corrected chi connectivity index (χ4v) is 2.64. The fraction of sp³-hybridized carbons (Fsp3) is 0.500. The molecule has 2 heterocycles. The Labute approximate surface area is 121 Å². The normalized spacial score (nSPS) is 19.0. The number of nitrogens with two attached hydrogens (primary N) is 1. The lowest BCUT2D eigenvalue weighted by Crippen LogP contribution is -2.41. The van der Waals surface area contributed by atoms with E-state index in [4.69, 9.17) is 10.2 Å². The van der Waals surface area contributed by atoms with E-state index < -0.39 is 0 Å². The van der Waals surface area contributed by atoms with Gasteiger partial charge in [0.05, 0.1) is 0 Å². The highest BCUT2D eigenvalue weighted by Crippen LogP contribution is 2.20. The van der Waals surface area contributed by atoms with Crippen molar-refractivity contribution in [2.24, 2.45) is 11.7 Å². The lowest BCUT2D eigenvalue weighted by atomic mass is 9.91. The van der Waals surface area contributed by atoms with Crippen LogP contribution >= 0.6 is 15.9 Å². The van der Waals surface area contributed by atoms with Crippen molar-refractivity contribution < 1.29 is 9.21 Å². The summed E-state index contributed by atoms with van der Waals surface area (Å²) in [5.41, 5.74) is 5.89. The van der Waals surface area contributed by atoms with Crippen LogP contribution in [0.3, 0.4) is 0 Å². The molecule has 0 spiro atoms. The van der Waals surface area contributed by atoms with Gasteiger partial charge >= 0.3 is 0 Å². The number of piperidine rings is 1. The molecule has 0 radical (unpaired) electrons. The fourth-order valence-electron chi connectivity index (χ4n) is 2.32. The van der Waals surface area contributed by atoms with E-state index in [1.807, 2.05) is 17.9 Å². The van der Waals surface area contributed by atoms with Crippen LogP contribution in [0.15, 0.2) is 27.3 Å². The smallest absolute Gasteiger partial charge is 0.246 e. The Balaban J connectivity index is 1.86.